The second kappa shape index (κ2) is 8.05. The molecule has 0 bridgehead atoms. The Labute approximate surface area is 212 Å². The van der Waals surface area contributed by atoms with Gasteiger partial charge >= 0.3 is 5.97 Å². The van der Waals surface area contributed by atoms with Gasteiger partial charge < -0.3 is 14.6 Å². The third-order valence-electron chi connectivity index (χ3n) is 12.0. The average Bonchev–Trinajstić information content (AvgIpc) is 3.04. The van der Waals surface area contributed by atoms with Gasteiger partial charge in [0.2, 0.25) is 0 Å². The van der Waals surface area contributed by atoms with E-state index in [1.807, 2.05) is 13.0 Å². The molecule has 1 aliphatic heterocycles. The van der Waals surface area contributed by atoms with E-state index in [0.717, 1.165) is 32.1 Å². The highest BCUT2D eigenvalue weighted by molar-refractivity contribution is 5.87. The van der Waals surface area contributed by atoms with Gasteiger partial charge in [-0.25, -0.2) is 4.79 Å². The molecule has 1 saturated heterocycles. The molecule has 0 radical (unpaired) electrons. The molecule has 4 aliphatic carbocycles. The van der Waals surface area contributed by atoms with Crippen molar-refractivity contribution in [3.05, 3.63) is 34.4 Å². The minimum Gasteiger partial charge on any atom is -0.466 e. The molecule has 2 fully saturated rings. The minimum absolute atomic E-state index is 0.0367. The first-order valence-electron chi connectivity index (χ1n) is 13.9. The third-order valence-corrected chi connectivity index (χ3v) is 12.0. The number of aliphatic hydroxyl groups is 1. The Morgan fingerprint density at radius 1 is 1.14 bits per heavy atom. The summed E-state index contributed by atoms with van der Waals surface area (Å²) in [7, 11) is 1.43. The molecule has 194 valence electrons. The molecule has 0 aromatic heterocycles. The van der Waals surface area contributed by atoms with Crippen LogP contribution in [0, 0.1) is 33.5 Å². The maximum absolute atomic E-state index is 12.0. The predicted octanol–water partition coefficient (Wildman–Crippen LogP) is 6.54. The molecule has 1 saturated carbocycles. The molecule has 5 rings (SSSR count). The molecule has 4 nitrogen and oxygen atoms in total. The van der Waals surface area contributed by atoms with Crippen LogP contribution in [0.1, 0.15) is 93.4 Å². The highest BCUT2D eigenvalue weighted by atomic mass is 16.5. The molecule has 0 amide bonds. The monoisotopic (exact) mass is 482 g/mol. The van der Waals surface area contributed by atoms with Gasteiger partial charge in [-0.15, -0.1) is 0 Å². The number of ether oxygens (including phenoxy) is 2. The Hall–Kier alpha value is -1.39. The molecule has 0 aromatic carbocycles. The number of carbonyl (C=O) groups excluding carboxylic acids is 1. The number of esters is 1. The van der Waals surface area contributed by atoms with Crippen LogP contribution in [0.25, 0.3) is 0 Å². The summed E-state index contributed by atoms with van der Waals surface area (Å²) in [6, 6.07) is 0. The quantitative estimate of drug-likeness (QED) is 0.359. The summed E-state index contributed by atoms with van der Waals surface area (Å²) in [5.41, 5.74) is 5.78. The number of hydrogen-bond acceptors (Lipinski definition) is 4. The van der Waals surface area contributed by atoms with Crippen molar-refractivity contribution in [1.82, 2.24) is 0 Å². The predicted molar refractivity (Wildman–Crippen MR) is 139 cm³/mol. The fraction of sp³-hybridized carbons (Fsp3) is 0.774. The summed E-state index contributed by atoms with van der Waals surface area (Å²) >= 11 is 0. The Bertz CT molecular complexity index is 1020. The number of methoxy groups -OCH3 is 1. The molecule has 4 heteroatoms. The largest absolute Gasteiger partial charge is 0.466 e. The van der Waals surface area contributed by atoms with Crippen LogP contribution in [0.15, 0.2) is 34.4 Å². The fourth-order valence-corrected chi connectivity index (χ4v) is 9.39. The topological polar surface area (TPSA) is 55.8 Å². The molecule has 35 heavy (non-hydrogen) atoms. The number of hydrogen-bond donors (Lipinski definition) is 1. The van der Waals surface area contributed by atoms with E-state index in [2.05, 4.69) is 47.6 Å². The van der Waals surface area contributed by atoms with Gasteiger partial charge in [-0.05, 0) is 91.8 Å². The first kappa shape index (κ1) is 25.3. The maximum atomic E-state index is 12.0. The summed E-state index contributed by atoms with van der Waals surface area (Å²) < 4.78 is 11.7. The van der Waals surface area contributed by atoms with Crippen LogP contribution in [0.3, 0.4) is 0 Å². The Morgan fingerprint density at radius 2 is 1.86 bits per heavy atom. The fourth-order valence-electron chi connectivity index (χ4n) is 9.39. The Kier molecular flexibility index (Phi) is 5.81. The lowest BCUT2D eigenvalue weighted by atomic mass is 9.45. The number of allylic oxidation sites excluding steroid dienone is 3. The molecular weight excluding hydrogens is 436 g/mol. The second-order valence-corrected chi connectivity index (χ2v) is 13.6. The highest BCUT2D eigenvalue weighted by Gasteiger charge is 2.64. The van der Waals surface area contributed by atoms with Crippen molar-refractivity contribution < 1.29 is 19.4 Å². The first-order chi connectivity index (χ1) is 16.3. The molecule has 0 aromatic rings. The summed E-state index contributed by atoms with van der Waals surface area (Å²) in [4.78, 5) is 12.0. The van der Waals surface area contributed by atoms with E-state index in [-0.39, 0.29) is 45.9 Å². The van der Waals surface area contributed by atoms with Crippen LogP contribution in [0.5, 0.6) is 0 Å². The van der Waals surface area contributed by atoms with Crippen LogP contribution < -0.4 is 0 Å². The standard InChI is InChI=1S/C31H46O4/c1-18(27(33)34-8)15-20-16-19(2)31(7)26(35-20)17-23-21-9-10-24-28(3,4)25(32)12-13-29(24,5)22(21)11-14-30(23,31)6/h15,17,19-20,24-26,32H,9-14,16H2,1-8H3. The van der Waals surface area contributed by atoms with Crippen molar-refractivity contribution >= 4 is 5.97 Å². The molecule has 0 spiro atoms. The lowest BCUT2D eigenvalue weighted by Crippen LogP contribution is -2.55. The Balaban J connectivity index is 1.53. The second-order valence-electron chi connectivity index (χ2n) is 13.6. The van der Waals surface area contributed by atoms with Gasteiger partial charge in [-0.3, -0.25) is 0 Å². The smallest absolute Gasteiger partial charge is 0.333 e. The first-order valence-corrected chi connectivity index (χ1v) is 13.9. The molecular formula is C31H46O4. The van der Waals surface area contributed by atoms with Crippen LogP contribution in [0.4, 0.5) is 0 Å². The van der Waals surface area contributed by atoms with Gasteiger partial charge in [-0.1, -0.05) is 53.2 Å². The van der Waals surface area contributed by atoms with Crippen LogP contribution in [-0.2, 0) is 14.3 Å². The zero-order valence-corrected chi connectivity index (χ0v) is 23.2. The van der Waals surface area contributed by atoms with Crippen molar-refractivity contribution in [2.24, 2.45) is 33.5 Å². The van der Waals surface area contributed by atoms with E-state index >= 15 is 0 Å². The van der Waals surface area contributed by atoms with E-state index in [0.29, 0.717) is 17.4 Å². The Morgan fingerprint density at radius 3 is 2.54 bits per heavy atom. The van der Waals surface area contributed by atoms with Crippen molar-refractivity contribution in [2.45, 2.75) is 112 Å². The zero-order valence-electron chi connectivity index (χ0n) is 23.2. The van der Waals surface area contributed by atoms with Gasteiger partial charge in [0, 0.05) is 16.4 Å². The molecule has 1 N–H and O–H groups in total. The summed E-state index contributed by atoms with van der Waals surface area (Å²) in [6.45, 7) is 16.3. The number of fused-ring (bicyclic) bond motifs is 6. The van der Waals surface area contributed by atoms with E-state index < -0.39 is 0 Å². The van der Waals surface area contributed by atoms with Crippen molar-refractivity contribution in [3.63, 3.8) is 0 Å². The zero-order chi connectivity index (χ0) is 25.6. The van der Waals surface area contributed by atoms with Gasteiger partial charge in [0.1, 0.15) is 0 Å². The summed E-state index contributed by atoms with van der Waals surface area (Å²) in [5, 5.41) is 10.8. The normalized spacial score (nSPS) is 46.7. The third kappa shape index (κ3) is 3.27. The van der Waals surface area contributed by atoms with Crippen LogP contribution in [-0.4, -0.2) is 36.5 Å². The van der Waals surface area contributed by atoms with Gasteiger partial charge in [0.15, 0.2) is 0 Å². The number of aliphatic hydroxyl groups excluding tert-OH is 1. The van der Waals surface area contributed by atoms with Gasteiger partial charge in [0.05, 0.1) is 25.4 Å². The number of rotatable bonds is 2. The van der Waals surface area contributed by atoms with Crippen molar-refractivity contribution in [1.29, 1.82) is 0 Å². The van der Waals surface area contributed by atoms with E-state index in [1.54, 1.807) is 16.7 Å². The molecule has 8 unspecified atom stereocenters. The van der Waals surface area contributed by atoms with Gasteiger partial charge in [-0.2, -0.15) is 0 Å². The van der Waals surface area contributed by atoms with Crippen LogP contribution >= 0.6 is 0 Å². The summed E-state index contributed by atoms with van der Waals surface area (Å²) in [6.07, 6.45) is 11.8. The highest BCUT2D eigenvalue weighted by Crippen LogP contribution is 2.70. The maximum Gasteiger partial charge on any atom is 0.333 e. The van der Waals surface area contributed by atoms with Crippen molar-refractivity contribution in [2.75, 3.05) is 7.11 Å². The molecule has 5 aliphatic rings. The van der Waals surface area contributed by atoms with E-state index in [9.17, 15) is 9.90 Å². The van der Waals surface area contributed by atoms with E-state index in [4.69, 9.17) is 9.47 Å². The lowest BCUT2D eigenvalue weighted by molar-refractivity contribution is -0.147. The van der Waals surface area contributed by atoms with Gasteiger partial charge in [0.25, 0.3) is 0 Å². The number of carbonyl (C=O) groups is 1. The summed E-state index contributed by atoms with van der Waals surface area (Å²) in [5.74, 6) is 0.734. The van der Waals surface area contributed by atoms with E-state index in [1.165, 1.54) is 20.0 Å². The van der Waals surface area contributed by atoms with Crippen LogP contribution in [0.2, 0.25) is 0 Å². The molecule has 1 heterocycles. The minimum atomic E-state index is -0.277. The SMILES string of the molecule is COC(=O)C(C)=CC1CC(C)C2(C)C(C=C3C4=C(CCC32C)C2(C)CCC(O)C(C)(C)C2CC4)O1. The lowest BCUT2D eigenvalue weighted by Gasteiger charge is -2.60. The molecule has 8 atom stereocenters. The average molecular weight is 483 g/mol. The van der Waals surface area contributed by atoms with Crippen molar-refractivity contribution in [3.8, 4) is 0 Å².